The van der Waals surface area contributed by atoms with Crippen LogP contribution >= 0.6 is 18.7 Å². The Hall–Kier alpha value is -2.35. The van der Waals surface area contributed by atoms with Crippen LogP contribution in [0.5, 0.6) is 0 Å². The Morgan fingerprint density at radius 3 is 2.56 bits per heavy atom. The number of halogens is 4. The molecule has 1 fully saturated rings. The van der Waals surface area contributed by atoms with E-state index in [2.05, 4.69) is 20.6 Å². The third-order valence-electron chi connectivity index (χ3n) is 6.35. The van der Waals surface area contributed by atoms with Crippen LogP contribution in [0.15, 0.2) is 24.3 Å². The van der Waals surface area contributed by atoms with Crippen molar-refractivity contribution in [2.75, 3.05) is 37.2 Å². The summed E-state index contributed by atoms with van der Waals surface area (Å²) in [6.45, 7) is 9.42. The van der Waals surface area contributed by atoms with Crippen molar-refractivity contribution >= 4 is 46.5 Å². The molecule has 1 saturated heterocycles. The lowest BCUT2D eigenvalue weighted by molar-refractivity contribution is -0.138. The van der Waals surface area contributed by atoms with Gasteiger partial charge in [-0.15, -0.1) is 0 Å². The maximum absolute atomic E-state index is 13.5. The lowest BCUT2D eigenvalue weighted by Gasteiger charge is -2.24. The molecule has 6 nitrogen and oxygen atoms in total. The minimum absolute atomic E-state index is 0.0401. The number of nitrogens with zero attached hydrogens (tertiary/aromatic N) is 2. The Balaban J connectivity index is 1.83. The highest BCUT2D eigenvalue weighted by molar-refractivity contribution is 7.70. The molecule has 2 aromatic carbocycles. The van der Waals surface area contributed by atoms with Gasteiger partial charge in [0.2, 0.25) is 0 Å². The number of alkyl halides is 3. The van der Waals surface area contributed by atoms with E-state index in [1.165, 1.54) is 13.0 Å². The fraction of sp³-hybridized carbons (Fsp3) is 0.440. The van der Waals surface area contributed by atoms with Gasteiger partial charge >= 0.3 is 6.18 Å². The molecule has 0 amide bonds. The maximum atomic E-state index is 13.5. The Morgan fingerprint density at radius 1 is 1.22 bits per heavy atom. The highest BCUT2D eigenvalue weighted by atomic mass is 35.5. The minimum atomic E-state index is -4.44. The van der Waals surface area contributed by atoms with Crippen molar-refractivity contribution in [3.63, 3.8) is 0 Å². The van der Waals surface area contributed by atoms with Gasteiger partial charge in [-0.25, -0.2) is 9.97 Å². The predicted molar refractivity (Wildman–Crippen MR) is 139 cm³/mol. The third-order valence-corrected chi connectivity index (χ3v) is 8.39. The first-order valence-corrected chi connectivity index (χ1v) is 14.6. The van der Waals surface area contributed by atoms with E-state index in [0.717, 1.165) is 12.5 Å². The molecule has 11 heteroatoms. The standard InChI is InChI=1S/C25H29ClF3N4O2P/c1-13-17(7-6-8-19(13)25(27,28)29)14(2)30-24-18-11-20(33-16-9-10-35-12-16)23(36(4,5)34)21(26)22(18)31-15(3)32-24/h6-8,11,14,16,33H,9-10,12H2,1-5H3,(H,30,31,32)/t14-,16+/m1/s1. The summed E-state index contributed by atoms with van der Waals surface area (Å²) in [4.78, 5) is 9.07. The lowest BCUT2D eigenvalue weighted by atomic mass is 9.97. The zero-order valence-corrected chi connectivity index (χ0v) is 22.4. The maximum Gasteiger partial charge on any atom is 0.416 e. The molecule has 2 atom stereocenters. The fourth-order valence-electron chi connectivity index (χ4n) is 4.66. The summed E-state index contributed by atoms with van der Waals surface area (Å²) < 4.78 is 59.2. The van der Waals surface area contributed by atoms with Crippen molar-refractivity contribution in [2.45, 2.75) is 45.5 Å². The number of aromatic nitrogens is 2. The van der Waals surface area contributed by atoms with Crippen LogP contribution in [0.2, 0.25) is 5.02 Å². The van der Waals surface area contributed by atoms with Gasteiger partial charge in [0, 0.05) is 17.7 Å². The molecule has 36 heavy (non-hydrogen) atoms. The number of hydrogen-bond donors (Lipinski definition) is 2. The molecule has 1 aromatic heterocycles. The lowest BCUT2D eigenvalue weighted by Crippen LogP contribution is -2.24. The number of rotatable bonds is 6. The van der Waals surface area contributed by atoms with Crippen LogP contribution in [0.4, 0.5) is 24.7 Å². The Kier molecular flexibility index (Phi) is 7.30. The second-order valence-corrected chi connectivity index (χ2v) is 13.1. The van der Waals surface area contributed by atoms with Crippen LogP contribution in [-0.4, -0.2) is 42.6 Å². The monoisotopic (exact) mass is 540 g/mol. The molecule has 1 aliphatic rings. The zero-order chi connectivity index (χ0) is 26.4. The van der Waals surface area contributed by atoms with E-state index in [4.69, 9.17) is 16.3 Å². The topological polar surface area (TPSA) is 76.1 Å². The molecular formula is C25H29ClF3N4O2P. The first-order valence-electron chi connectivity index (χ1n) is 11.6. The van der Waals surface area contributed by atoms with E-state index in [-0.39, 0.29) is 16.6 Å². The highest BCUT2D eigenvalue weighted by Gasteiger charge is 2.33. The Morgan fingerprint density at radius 2 is 1.94 bits per heavy atom. The van der Waals surface area contributed by atoms with Crippen LogP contribution in [-0.2, 0) is 15.5 Å². The molecule has 194 valence electrons. The van der Waals surface area contributed by atoms with Gasteiger partial charge in [0.1, 0.15) is 18.8 Å². The van der Waals surface area contributed by atoms with Crippen molar-refractivity contribution in [3.05, 3.63) is 51.8 Å². The number of nitrogens with one attached hydrogen (secondary N) is 2. The summed E-state index contributed by atoms with van der Waals surface area (Å²) in [5.74, 6) is 0.862. The molecule has 4 rings (SSSR count). The Labute approximate surface area is 213 Å². The molecule has 0 saturated carbocycles. The number of fused-ring (bicyclic) bond motifs is 1. The predicted octanol–water partition coefficient (Wildman–Crippen LogP) is 6.54. The first kappa shape index (κ1) is 26.7. The molecule has 1 aliphatic heterocycles. The van der Waals surface area contributed by atoms with Gasteiger partial charge in [-0.3, -0.25) is 0 Å². The molecule has 0 unspecified atom stereocenters. The Bertz CT molecular complexity index is 1350. The smallest absolute Gasteiger partial charge is 0.379 e. The molecule has 2 heterocycles. The van der Waals surface area contributed by atoms with Crippen molar-refractivity contribution < 1.29 is 22.5 Å². The summed E-state index contributed by atoms with van der Waals surface area (Å²) in [6.07, 6.45) is -3.64. The molecule has 0 radical (unpaired) electrons. The minimum Gasteiger partial charge on any atom is -0.379 e. The van der Waals surface area contributed by atoms with Gasteiger partial charge in [0.25, 0.3) is 0 Å². The van der Waals surface area contributed by atoms with Crippen LogP contribution < -0.4 is 15.9 Å². The molecule has 0 spiro atoms. The van der Waals surface area contributed by atoms with Gasteiger partial charge in [-0.05, 0) is 63.8 Å². The van der Waals surface area contributed by atoms with Gasteiger partial charge < -0.3 is 19.9 Å². The number of aryl methyl sites for hydroxylation is 1. The van der Waals surface area contributed by atoms with Crippen molar-refractivity contribution in [3.8, 4) is 0 Å². The second-order valence-electron chi connectivity index (χ2n) is 9.54. The summed E-state index contributed by atoms with van der Waals surface area (Å²) in [5.41, 5.74) is 1.05. The van der Waals surface area contributed by atoms with E-state index in [9.17, 15) is 17.7 Å². The quantitative estimate of drug-likeness (QED) is 0.346. The summed E-state index contributed by atoms with van der Waals surface area (Å²) in [5, 5.41) is 8.06. The number of hydrogen-bond acceptors (Lipinski definition) is 6. The average Bonchev–Trinajstić information content (AvgIpc) is 3.26. The molecule has 0 aliphatic carbocycles. The van der Waals surface area contributed by atoms with E-state index in [0.29, 0.717) is 52.3 Å². The highest BCUT2D eigenvalue weighted by Crippen LogP contribution is 2.44. The SMILES string of the molecule is Cc1nc(N[C@H](C)c2cccc(C(F)(F)F)c2C)c2cc(N[C@H]3CCOC3)c(P(C)(C)=O)c(Cl)c2n1. The zero-order valence-electron chi connectivity index (χ0n) is 20.8. The third kappa shape index (κ3) is 5.34. The van der Waals surface area contributed by atoms with E-state index in [1.807, 2.05) is 6.07 Å². The van der Waals surface area contributed by atoms with Crippen LogP contribution in [0.25, 0.3) is 10.9 Å². The van der Waals surface area contributed by atoms with Crippen LogP contribution in [0.1, 0.15) is 41.9 Å². The average molecular weight is 541 g/mol. The van der Waals surface area contributed by atoms with Crippen molar-refractivity contribution in [1.82, 2.24) is 9.97 Å². The van der Waals surface area contributed by atoms with Gasteiger partial charge in [0.15, 0.2) is 0 Å². The van der Waals surface area contributed by atoms with Crippen molar-refractivity contribution in [1.29, 1.82) is 0 Å². The molecule has 3 aromatic rings. The van der Waals surface area contributed by atoms with Gasteiger partial charge in [0.05, 0.1) is 40.1 Å². The normalized spacial score (nSPS) is 17.4. The second kappa shape index (κ2) is 9.84. The summed E-state index contributed by atoms with van der Waals surface area (Å²) in [6, 6.07) is 5.52. The fourth-order valence-corrected chi connectivity index (χ4v) is 6.80. The van der Waals surface area contributed by atoms with Gasteiger partial charge in [-0.2, -0.15) is 13.2 Å². The van der Waals surface area contributed by atoms with Crippen LogP contribution in [0.3, 0.4) is 0 Å². The number of anilines is 2. The summed E-state index contributed by atoms with van der Waals surface area (Å²) in [7, 11) is -2.81. The van der Waals surface area contributed by atoms with E-state index in [1.54, 1.807) is 33.2 Å². The van der Waals surface area contributed by atoms with E-state index >= 15 is 0 Å². The first-order chi connectivity index (χ1) is 16.8. The number of benzene rings is 2. The summed E-state index contributed by atoms with van der Waals surface area (Å²) >= 11 is 6.82. The largest absolute Gasteiger partial charge is 0.416 e. The van der Waals surface area contributed by atoms with Crippen LogP contribution in [0, 0.1) is 13.8 Å². The molecule has 0 bridgehead atoms. The van der Waals surface area contributed by atoms with E-state index < -0.39 is 24.9 Å². The van der Waals surface area contributed by atoms with Crippen molar-refractivity contribution in [2.24, 2.45) is 0 Å². The number of ether oxygens (including phenoxy) is 1. The molecular weight excluding hydrogens is 512 g/mol. The van der Waals surface area contributed by atoms with Gasteiger partial charge in [-0.1, -0.05) is 23.7 Å². The molecule has 2 N–H and O–H groups in total.